The van der Waals surface area contributed by atoms with Crippen LogP contribution in [-0.2, 0) is 14.3 Å². The highest BCUT2D eigenvalue weighted by Gasteiger charge is 2.25. The minimum absolute atomic E-state index is 0.0584. The zero-order chi connectivity index (χ0) is 15.3. The summed E-state index contributed by atoms with van der Waals surface area (Å²) in [7, 11) is 1.24. The van der Waals surface area contributed by atoms with Gasteiger partial charge < -0.3 is 9.53 Å². The van der Waals surface area contributed by atoms with E-state index < -0.39 is 16.8 Å². The number of ketones is 1. The molecule has 0 fully saturated rings. The molecule has 0 saturated carbocycles. The molecule has 0 spiro atoms. The lowest BCUT2D eigenvalue weighted by Crippen LogP contribution is -2.16. The van der Waals surface area contributed by atoms with Crippen molar-refractivity contribution in [1.29, 1.82) is 0 Å². The number of carbonyl (C=O) groups is 2. The van der Waals surface area contributed by atoms with Crippen molar-refractivity contribution in [1.82, 2.24) is 0 Å². The first kappa shape index (κ1) is 16.1. The van der Waals surface area contributed by atoms with Gasteiger partial charge in [-0.1, -0.05) is 11.6 Å². The molecule has 0 radical (unpaired) electrons. The van der Waals surface area contributed by atoms with Gasteiger partial charge in [-0.05, 0) is 25.0 Å². The van der Waals surface area contributed by atoms with Gasteiger partial charge in [0.15, 0.2) is 0 Å². The molecule has 0 heterocycles. The number of nitrogens with zero attached hydrogens (tertiary/aromatic N) is 1. The zero-order valence-corrected chi connectivity index (χ0v) is 11.8. The summed E-state index contributed by atoms with van der Waals surface area (Å²) in [5.41, 5.74) is 0.263. The van der Waals surface area contributed by atoms with Crippen LogP contribution >= 0.6 is 11.6 Å². The van der Waals surface area contributed by atoms with E-state index in [1.165, 1.54) is 32.2 Å². The summed E-state index contributed by atoms with van der Waals surface area (Å²) in [6.07, 6.45) is 0.451. The Morgan fingerprint density at radius 2 is 2.10 bits per heavy atom. The van der Waals surface area contributed by atoms with Crippen LogP contribution in [-0.4, -0.2) is 23.8 Å². The maximum Gasteiger partial charge on any atom is 0.313 e. The number of esters is 1. The van der Waals surface area contributed by atoms with Crippen LogP contribution < -0.4 is 0 Å². The number of benzene rings is 1. The SMILES string of the molecule is COC(=O)C(CCC(C)=O)c1ccc([N+](=O)[O-])cc1Cl. The van der Waals surface area contributed by atoms with Crippen molar-refractivity contribution >= 4 is 29.0 Å². The third-order valence-electron chi connectivity index (χ3n) is 2.84. The van der Waals surface area contributed by atoms with Gasteiger partial charge in [0.2, 0.25) is 0 Å². The third kappa shape index (κ3) is 4.03. The molecule has 0 aliphatic rings. The number of ether oxygens (including phenoxy) is 1. The summed E-state index contributed by atoms with van der Waals surface area (Å²) >= 11 is 5.99. The van der Waals surface area contributed by atoms with E-state index in [0.717, 1.165) is 0 Å². The summed E-state index contributed by atoms with van der Waals surface area (Å²) < 4.78 is 4.69. The number of hydrogen-bond donors (Lipinski definition) is 0. The van der Waals surface area contributed by atoms with Crippen molar-refractivity contribution in [3.05, 3.63) is 38.9 Å². The fourth-order valence-electron chi connectivity index (χ4n) is 1.80. The van der Waals surface area contributed by atoms with Gasteiger partial charge in [-0.15, -0.1) is 0 Å². The second-order valence-corrected chi connectivity index (χ2v) is 4.69. The van der Waals surface area contributed by atoms with Gasteiger partial charge >= 0.3 is 5.97 Å². The van der Waals surface area contributed by atoms with Crippen LogP contribution in [0.25, 0.3) is 0 Å². The molecule has 0 N–H and O–H groups in total. The number of nitro benzene ring substituents is 1. The smallest absolute Gasteiger partial charge is 0.313 e. The number of carbonyl (C=O) groups excluding carboxylic acids is 2. The standard InChI is InChI=1S/C13H14ClNO5/c1-8(16)3-5-11(13(17)20-2)10-6-4-9(15(18)19)7-12(10)14/h4,6-7,11H,3,5H2,1-2H3. The molecule has 108 valence electrons. The van der Waals surface area contributed by atoms with E-state index in [1.807, 2.05) is 0 Å². The molecule has 6 nitrogen and oxygen atoms in total. The second kappa shape index (κ2) is 7.00. The Morgan fingerprint density at radius 3 is 2.55 bits per heavy atom. The lowest BCUT2D eigenvalue weighted by atomic mass is 9.93. The number of hydrogen-bond acceptors (Lipinski definition) is 5. The third-order valence-corrected chi connectivity index (χ3v) is 3.17. The summed E-state index contributed by atoms with van der Waals surface area (Å²) in [5.74, 6) is -1.30. The first-order chi connectivity index (χ1) is 9.36. The molecule has 0 aliphatic heterocycles. The van der Waals surface area contributed by atoms with E-state index in [4.69, 9.17) is 11.6 Å². The Balaban J connectivity index is 3.10. The van der Waals surface area contributed by atoms with Gasteiger partial charge in [0.05, 0.1) is 23.0 Å². The molecule has 20 heavy (non-hydrogen) atoms. The fourth-order valence-corrected chi connectivity index (χ4v) is 2.11. The molecule has 1 aromatic rings. The quantitative estimate of drug-likeness (QED) is 0.458. The topological polar surface area (TPSA) is 86.5 Å². The largest absolute Gasteiger partial charge is 0.469 e. The van der Waals surface area contributed by atoms with E-state index in [0.29, 0.717) is 5.56 Å². The fraction of sp³-hybridized carbons (Fsp3) is 0.385. The number of Topliss-reactive ketones (excluding diaryl/α,β-unsaturated/α-hetero) is 1. The summed E-state index contributed by atoms with van der Waals surface area (Å²) in [5, 5.41) is 10.8. The van der Waals surface area contributed by atoms with Gasteiger partial charge in [0, 0.05) is 18.6 Å². The molecule has 1 atom stereocenters. The molecule has 1 unspecified atom stereocenters. The van der Waals surface area contributed by atoms with Crippen molar-refractivity contribution in [2.75, 3.05) is 7.11 Å². The number of methoxy groups -OCH3 is 1. The average Bonchev–Trinajstić information content (AvgIpc) is 2.39. The highest BCUT2D eigenvalue weighted by atomic mass is 35.5. The van der Waals surface area contributed by atoms with Gasteiger partial charge in [-0.3, -0.25) is 14.9 Å². The van der Waals surface area contributed by atoms with Gasteiger partial charge in [0.1, 0.15) is 5.78 Å². The second-order valence-electron chi connectivity index (χ2n) is 4.28. The van der Waals surface area contributed by atoms with Crippen LogP contribution in [0.4, 0.5) is 5.69 Å². The molecule has 1 aromatic carbocycles. The van der Waals surface area contributed by atoms with E-state index in [-0.39, 0.29) is 29.3 Å². The zero-order valence-electron chi connectivity index (χ0n) is 11.1. The van der Waals surface area contributed by atoms with Crippen molar-refractivity contribution in [2.45, 2.75) is 25.7 Å². The van der Waals surface area contributed by atoms with Gasteiger partial charge in [0.25, 0.3) is 5.69 Å². The van der Waals surface area contributed by atoms with Gasteiger partial charge in [-0.2, -0.15) is 0 Å². The monoisotopic (exact) mass is 299 g/mol. The number of nitro groups is 1. The maximum absolute atomic E-state index is 11.8. The van der Waals surface area contributed by atoms with Crippen LogP contribution in [0.2, 0.25) is 5.02 Å². The Morgan fingerprint density at radius 1 is 1.45 bits per heavy atom. The van der Waals surface area contributed by atoms with E-state index in [9.17, 15) is 19.7 Å². The first-order valence-electron chi connectivity index (χ1n) is 5.88. The minimum atomic E-state index is -0.711. The highest BCUT2D eigenvalue weighted by Crippen LogP contribution is 2.32. The first-order valence-corrected chi connectivity index (χ1v) is 6.25. The van der Waals surface area contributed by atoms with Crippen molar-refractivity contribution in [2.24, 2.45) is 0 Å². The van der Waals surface area contributed by atoms with Gasteiger partial charge in [-0.25, -0.2) is 0 Å². The number of non-ortho nitro benzene ring substituents is 1. The number of rotatable bonds is 6. The van der Waals surface area contributed by atoms with Crippen LogP contribution in [0.1, 0.15) is 31.2 Å². The lowest BCUT2D eigenvalue weighted by molar-refractivity contribution is -0.384. The average molecular weight is 300 g/mol. The normalized spacial score (nSPS) is 11.8. The molecule has 0 aromatic heterocycles. The van der Waals surface area contributed by atoms with Crippen molar-refractivity contribution < 1.29 is 19.2 Å². The predicted octanol–water partition coefficient (Wildman–Crippen LogP) is 2.87. The predicted molar refractivity (Wildman–Crippen MR) is 72.8 cm³/mol. The van der Waals surface area contributed by atoms with Crippen molar-refractivity contribution in [3.63, 3.8) is 0 Å². The van der Waals surface area contributed by atoms with Crippen LogP contribution in [0.3, 0.4) is 0 Å². The van der Waals surface area contributed by atoms with E-state index in [1.54, 1.807) is 0 Å². The maximum atomic E-state index is 11.8. The summed E-state index contributed by atoms with van der Waals surface area (Å²) in [6, 6.07) is 3.87. The Bertz CT molecular complexity index is 544. The molecule has 0 bridgehead atoms. The lowest BCUT2D eigenvalue weighted by Gasteiger charge is -2.15. The number of halogens is 1. The van der Waals surface area contributed by atoms with Crippen LogP contribution in [0.15, 0.2) is 18.2 Å². The summed E-state index contributed by atoms with van der Waals surface area (Å²) in [6.45, 7) is 1.42. The molecule has 0 aliphatic carbocycles. The molecule has 0 amide bonds. The van der Waals surface area contributed by atoms with Crippen LogP contribution in [0.5, 0.6) is 0 Å². The van der Waals surface area contributed by atoms with E-state index in [2.05, 4.69) is 4.74 Å². The Hall–Kier alpha value is -1.95. The minimum Gasteiger partial charge on any atom is -0.469 e. The van der Waals surface area contributed by atoms with E-state index >= 15 is 0 Å². The molecule has 7 heteroatoms. The molecule has 1 rings (SSSR count). The molecular weight excluding hydrogens is 286 g/mol. The highest BCUT2D eigenvalue weighted by molar-refractivity contribution is 6.31. The van der Waals surface area contributed by atoms with Crippen LogP contribution in [0, 0.1) is 10.1 Å². The summed E-state index contributed by atoms with van der Waals surface area (Å²) in [4.78, 5) is 32.9. The Labute approximate surface area is 120 Å². The Kier molecular flexibility index (Phi) is 5.64. The molecule has 0 saturated heterocycles. The van der Waals surface area contributed by atoms with Crippen molar-refractivity contribution in [3.8, 4) is 0 Å². The molecular formula is C13H14ClNO5.